The lowest BCUT2D eigenvalue weighted by Gasteiger charge is -2.19. The molecule has 0 aliphatic heterocycles. The topological polar surface area (TPSA) is 134 Å². The molecule has 0 rings (SSSR count). The summed E-state index contributed by atoms with van der Waals surface area (Å²) >= 11 is 0. The van der Waals surface area contributed by atoms with Crippen LogP contribution in [-0.2, 0) is 32.7 Å². The molecule has 10 heteroatoms. The van der Waals surface area contributed by atoms with E-state index in [0.29, 0.717) is 12.8 Å². The molecule has 0 radical (unpaired) electrons. The number of ether oxygens (including phenoxy) is 2. The fourth-order valence-corrected chi connectivity index (χ4v) is 6.33. The van der Waals surface area contributed by atoms with Crippen molar-refractivity contribution < 1.29 is 37.6 Å². The monoisotopic (exact) mass is 768 g/mol. The van der Waals surface area contributed by atoms with Gasteiger partial charge in [0.25, 0.3) is 0 Å². The van der Waals surface area contributed by atoms with E-state index < -0.39 is 32.5 Å². The van der Waals surface area contributed by atoms with Crippen LogP contribution in [0, 0.1) is 0 Å². The molecule has 3 N–H and O–H groups in total. The number of phosphoric acid groups is 1. The van der Waals surface area contributed by atoms with Crippen LogP contribution in [0.25, 0.3) is 0 Å². The van der Waals surface area contributed by atoms with Crippen molar-refractivity contribution in [2.75, 3.05) is 26.4 Å². The van der Waals surface area contributed by atoms with Crippen LogP contribution in [0.2, 0.25) is 0 Å². The second-order valence-corrected chi connectivity index (χ2v) is 15.3. The molecule has 2 atom stereocenters. The molecule has 0 aliphatic rings. The van der Waals surface area contributed by atoms with Gasteiger partial charge in [-0.25, -0.2) is 4.57 Å². The van der Waals surface area contributed by atoms with E-state index in [4.69, 9.17) is 24.3 Å². The predicted molar refractivity (Wildman–Crippen MR) is 220 cm³/mol. The van der Waals surface area contributed by atoms with Gasteiger partial charge in [-0.2, -0.15) is 0 Å². The van der Waals surface area contributed by atoms with Crippen LogP contribution in [-0.4, -0.2) is 49.3 Å². The minimum Gasteiger partial charge on any atom is -0.462 e. The predicted octanol–water partition coefficient (Wildman–Crippen LogP) is 11.9. The smallest absolute Gasteiger partial charge is 0.462 e. The molecule has 0 aliphatic carbocycles. The Labute approximate surface area is 324 Å². The van der Waals surface area contributed by atoms with Crippen LogP contribution >= 0.6 is 7.82 Å². The van der Waals surface area contributed by atoms with Gasteiger partial charge in [0.2, 0.25) is 0 Å². The minimum absolute atomic E-state index is 0.0443. The molecule has 0 bridgehead atoms. The molecule has 53 heavy (non-hydrogen) atoms. The summed E-state index contributed by atoms with van der Waals surface area (Å²) in [6.07, 6.45) is 44.3. The number of unbranched alkanes of at least 4 members (excludes halogenated alkanes) is 18. The van der Waals surface area contributed by atoms with Crippen molar-refractivity contribution in [3.05, 3.63) is 48.6 Å². The molecule has 0 saturated heterocycles. The van der Waals surface area contributed by atoms with Gasteiger partial charge < -0.3 is 20.1 Å². The molecule has 9 nitrogen and oxygen atoms in total. The Balaban J connectivity index is 4.26. The van der Waals surface area contributed by atoms with Gasteiger partial charge in [-0.15, -0.1) is 0 Å². The van der Waals surface area contributed by atoms with E-state index in [1.165, 1.54) is 103 Å². The van der Waals surface area contributed by atoms with Gasteiger partial charge in [-0.3, -0.25) is 18.6 Å². The molecule has 308 valence electrons. The summed E-state index contributed by atoms with van der Waals surface area (Å²) in [5, 5.41) is 0. The largest absolute Gasteiger partial charge is 0.472 e. The first-order valence-electron chi connectivity index (χ1n) is 21.1. The molecule has 0 fully saturated rings. The summed E-state index contributed by atoms with van der Waals surface area (Å²) in [6, 6.07) is 0. The Hall–Kier alpha value is -2.03. The summed E-state index contributed by atoms with van der Waals surface area (Å²) in [4.78, 5) is 34.8. The van der Waals surface area contributed by atoms with Crippen LogP contribution in [0.1, 0.15) is 181 Å². The number of phosphoric ester groups is 1. The number of nitrogens with two attached hydrogens (primary N) is 1. The standard InChI is InChI=1S/C43H78NO8P/c1-3-5-7-9-11-13-15-17-19-20-22-24-26-28-30-32-34-36-43(46)52-41(40-51-53(47,48)50-38-37-44)39-49-42(45)35-33-31-29-27-25-23-21-18-16-14-12-10-8-6-4-2/h11,13,17,19,22,24,28,30,41H,3-10,12,14-16,18,20-21,23,25-27,29,31-40,44H2,1-2H3,(H,47,48)/b13-11-,19-17-,24-22-,30-28-/t41-/m1/s1. The Morgan fingerprint density at radius 3 is 1.51 bits per heavy atom. The third-order valence-electron chi connectivity index (χ3n) is 8.72. The lowest BCUT2D eigenvalue weighted by Crippen LogP contribution is -2.29. The zero-order valence-corrected chi connectivity index (χ0v) is 34.6. The van der Waals surface area contributed by atoms with Crippen LogP contribution in [0.15, 0.2) is 48.6 Å². The van der Waals surface area contributed by atoms with Crippen LogP contribution in [0.3, 0.4) is 0 Å². The third kappa shape index (κ3) is 39.5. The fourth-order valence-electron chi connectivity index (χ4n) is 5.57. The number of esters is 2. The molecular weight excluding hydrogens is 689 g/mol. The van der Waals surface area contributed by atoms with Gasteiger partial charge in [0.1, 0.15) is 6.61 Å². The highest BCUT2D eigenvalue weighted by molar-refractivity contribution is 7.47. The van der Waals surface area contributed by atoms with E-state index in [2.05, 4.69) is 56.4 Å². The molecular formula is C43H78NO8P. The highest BCUT2D eigenvalue weighted by Gasteiger charge is 2.25. The van der Waals surface area contributed by atoms with Gasteiger partial charge in [-0.1, -0.05) is 165 Å². The fraction of sp³-hybridized carbons (Fsp3) is 0.767. The maximum absolute atomic E-state index is 12.5. The lowest BCUT2D eigenvalue weighted by atomic mass is 10.0. The lowest BCUT2D eigenvalue weighted by molar-refractivity contribution is -0.161. The van der Waals surface area contributed by atoms with Crippen molar-refractivity contribution in [2.24, 2.45) is 5.73 Å². The first-order chi connectivity index (χ1) is 25.8. The minimum atomic E-state index is -4.39. The molecule has 1 unspecified atom stereocenters. The summed E-state index contributed by atoms with van der Waals surface area (Å²) in [5.74, 6) is -0.892. The molecule has 0 saturated carbocycles. The van der Waals surface area contributed by atoms with E-state index in [1.54, 1.807) is 0 Å². The van der Waals surface area contributed by atoms with Crippen LogP contribution in [0.4, 0.5) is 0 Å². The zero-order chi connectivity index (χ0) is 38.9. The highest BCUT2D eigenvalue weighted by atomic mass is 31.2. The van der Waals surface area contributed by atoms with Crippen molar-refractivity contribution in [1.29, 1.82) is 0 Å². The third-order valence-corrected chi connectivity index (χ3v) is 9.70. The number of carbonyl (C=O) groups is 2. The second kappa shape index (κ2) is 39.7. The Kier molecular flexibility index (Phi) is 38.1. The van der Waals surface area contributed by atoms with E-state index >= 15 is 0 Å². The average molecular weight is 768 g/mol. The quantitative estimate of drug-likeness (QED) is 0.0271. The molecule has 0 aromatic carbocycles. The van der Waals surface area contributed by atoms with Crippen molar-refractivity contribution in [1.82, 2.24) is 0 Å². The normalized spacial score (nSPS) is 13.8. The number of rotatable bonds is 39. The Morgan fingerprint density at radius 2 is 1.00 bits per heavy atom. The van der Waals surface area contributed by atoms with Gasteiger partial charge in [0.15, 0.2) is 6.10 Å². The SMILES string of the molecule is CCCCC/C=C\C/C=C\C/C=C\C/C=C\CCCC(=O)O[C@H](COC(=O)CCCCCCCCCCCCCCCCC)COP(=O)(O)OCCN. The van der Waals surface area contributed by atoms with Gasteiger partial charge >= 0.3 is 19.8 Å². The zero-order valence-electron chi connectivity index (χ0n) is 33.7. The van der Waals surface area contributed by atoms with Crippen molar-refractivity contribution >= 4 is 19.8 Å². The first-order valence-corrected chi connectivity index (χ1v) is 22.6. The Morgan fingerprint density at radius 1 is 0.566 bits per heavy atom. The molecule has 0 amide bonds. The molecule has 0 aromatic heterocycles. The molecule has 0 heterocycles. The first kappa shape index (κ1) is 51.0. The highest BCUT2D eigenvalue weighted by Crippen LogP contribution is 2.43. The van der Waals surface area contributed by atoms with E-state index in [9.17, 15) is 19.0 Å². The number of hydrogen-bond donors (Lipinski definition) is 2. The summed E-state index contributed by atoms with van der Waals surface area (Å²) < 4.78 is 32.7. The van der Waals surface area contributed by atoms with E-state index in [-0.39, 0.29) is 32.6 Å². The summed E-state index contributed by atoms with van der Waals surface area (Å²) in [5.41, 5.74) is 5.34. The average Bonchev–Trinajstić information content (AvgIpc) is 3.14. The van der Waals surface area contributed by atoms with Crippen LogP contribution < -0.4 is 5.73 Å². The Bertz CT molecular complexity index is 1010. The maximum Gasteiger partial charge on any atom is 0.472 e. The van der Waals surface area contributed by atoms with Crippen LogP contribution in [0.5, 0.6) is 0 Å². The molecule has 0 spiro atoms. The molecule has 0 aromatic rings. The van der Waals surface area contributed by atoms with Crippen molar-refractivity contribution in [3.63, 3.8) is 0 Å². The number of allylic oxidation sites excluding steroid dienone is 8. The van der Waals surface area contributed by atoms with E-state index in [1.807, 2.05) is 6.08 Å². The summed E-state index contributed by atoms with van der Waals surface area (Å²) in [7, 11) is -4.39. The van der Waals surface area contributed by atoms with Crippen molar-refractivity contribution in [2.45, 2.75) is 187 Å². The number of carbonyl (C=O) groups excluding carboxylic acids is 2. The number of hydrogen-bond acceptors (Lipinski definition) is 8. The van der Waals surface area contributed by atoms with Gasteiger partial charge in [-0.05, 0) is 51.4 Å². The van der Waals surface area contributed by atoms with Crippen molar-refractivity contribution in [3.8, 4) is 0 Å². The van der Waals surface area contributed by atoms with E-state index in [0.717, 1.165) is 38.5 Å². The second-order valence-electron chi connectivity index (χ2n) is 13.9. The van der Waals surface area contributed by atoms with Gasteiger partial charge in [0.05, 0.1) is 13.2 Å². The summed E-state index contributed by atoms with van der Waals surface area (Å²) in [6.45, 7) is 3.64. The maximum atomic E-state index is 12.5. The van der Waals surface area contributed by atoms with Gasteiger partial charge in [0, 0.05) is 19.4 Å².